The molecule has 130 valence electrons. The number of amides is 2. The third-order valence-electron chi connectivity index (χ3n) is 4.67. The van der Waals surface area contributed by atoms with Gasteiger partial charge in [0.2, 0.25) is 0 Å². The fourth-order valence-corrected chi connectivity index (χ4v) is 3.36. The van der Waals surface area contributed by atoms with Crippen LogP contribution >= 0.6 is 0 Å². The Morgan fingerprint density at radius 1 is 0.808 bits per heavy atom. The number of rotatable bonds is 4. The maximum atomic E-state index is 12.9. The Balaban J connectivity index is 1.77. The maximum absolute atomic E-state index is 12.9. The van der Waals surface area contributed by atoms with Gasteiger partial charge in [0.25, 0.3) is 11.8 Å². The first kappa shape index (κ1) is 16.1. The Bertz CT molecular complexity index is 1040. The van der Waals surface area contributed by atoms with Gasteiger partial charge in [-0.15, -0.1) is 0 Å². The van der Waals surface area contributed by atoms with E-state index >= 15 is 0 Å². The number of carbonyl (C=O) groups excluding carboxylic acids is 2. The minimum atomic E-state index is -0.302. The topological polar surface area (TPSA) is 55.8 Å². The Kier molecular flexibility index (Phi) is 3.84. The van der Waals surface area contributed by atoms with E-state index in [-0.39, 0.29) is 18.4 Å². The lowest BCUT2D eigenvalue weighted by atomic mass is 10.0. The second-order valence-corrected chi connectivity index (χ2v) is 6.09. The van der Waals surface area contributed by atoms with Crippen LogP contribution in [-0.2, 0) is 6.54 Å². The maximum Gasteiger partial charge on any atom is 0.261 e. The molecule has 0 spiro atoms. The molecule has 0 fully saturated rings. The highest BCUT2D eigenvalue weighted by Crippen LogP contribution is 2.33. The molecule has 26 heavy (non-hydrogen) atoms. The lowest BCUT2D eigenvalue weighted by Crippen LogP contribution is -2.29. The highest BCUT2D eigenvalue weighted by atomic mass is 16.5. The van der Waals surface area contributed by atoms with Crippen molar-refractivity contribution in [1.82, 2.24) is 4.90 Å². The summed E-state index contributed by atoms with van der Waals surface area (Å²) in [6, 6.07) is 16.5. The van der Waals surface area contributed by atoms with Gasteiger partial charge in [0.15, 0.2) is 0 Å². The first-order valence-electron chi connectivity index (χ1n) is 8.23. The summed E-state index contributed by atoms with van der Waals surface area (Å²) in [5.74, 6) is 0.731. The van der Waals surface area contributed by atoms with E-state index < -0.39 is 0 Å². The van der Waals surface area contributed by atoms with Crippen LogP contribution in [0, 0.1) is 0 Å². The number of para-hydroxylation sites is 1. The normalized spacial score (nSPS) is 13.2. The van der Waals surface area contributed by atoms with Gasteiger partial charge in [-0.05, 0) is 29.7 Å². The van der Waals surface area contributed by atoms with Crippen molar-refractivity contribution in [2.75, 3.05) is 14.2 Å². The molecule has 0 radical (unpaired) electrons. The molecule has 0 N–H and O–H groups in total. The second-order valence-electron chi connectivity index (χ2n) is 6.09. The van der Waals surface area contributed by atoms with E-state index in [2.05, 4.69) is 0 Å². The Morgan fingerprint density at radius 2 is 1.46 bits per heavy atom. The molecule has 1 aliphatic rings. The number of fused-ring (bicyclic) bond motifs is 2. The van der Waals surface area contributed by atoms with Gasteiger partial charge in [0, 0.05) is 10.9 Å². The lowest BCUT2D eigenvalue weighted by Gasteiger charge is -2.15. The number of methoxy groups -OCH3 is 2. The number of benzene rings is 3. The van der Waals surface area contributed by atoms with E-state index in [0.29, 0.717) is 22.6 Å². The number of carbonyl (C=O) groups is 2. The Labute approximate surface area is 150 Å². The number of imide groups is 1. The van der Waals surface area contributed by atoms with Crippen LogP contribution in [0.1, 0.15) is 26.3 Å². The Hall–Kier alpha value is -3.34. The minimum absolute atomic E-state index is 0.170. The number of hydrogen-bond acceptors (Lipinski definition) is 4. The van der Waals surface area contributed by atoms with Gasteiger partial charge >= 0.3 is 0 Å². The molecule has 3 aromatic rings. The molecule has 0 bridgehead atoms. The number of hydrogen-bond donors (Lipinski definition) is 0. The molecule has 5 nitrogen and oxygen atoms in total. The van der Waals surface area contributed by atoms with Gasteiger partial charge in [-0.2, -0.15) is 0 Å². The van der Waals surface area contributed by atoms with E-state index in [0.717, 1.165) is 16.3 Å². The molecular weight excluding hydrogens is 330 g/mol. The third-order valence-corrected chi connectivity index (χ3v) is 4.67. The molecule has 0 aliphatic carbocycles. The standard InChI is InChI=1S/C21H17NO4/c1-25-18-8-4-3-6-14(18)12-22-20(23)16-10-13-7-5-9-19(26-2)15(13)11-17(16)21(22)24/h3-11H,12H2,1-2H3. The van der Waals surface area contributed by atoms with Crippen molar-refractivity contribution in [3.8, 4) is 11.5 Å². The molecule has 2 amide bonds. The van der Waals surface area contributed by atoms with Crippen LogP contribution in [0.2, 0.25) is 0 Å². The molecule has 3 aromatic carbocycles. The number of nitrogens with zero attached hydrogens (tertiary/aromatic N) is 1. The van der Waals surface area contributed by atoms with E-state index in [1.165, 1.54) is 4.90 Å². The van der Waals surface area contributed by atoms with Crippen LogP contribution in [0.15, 0.2) is 54.6 Å². The predicted octanol–water partition coefficient (Wildman–Crippen LogP) is 3.65. The minimum Gasteiger partial charge on any atom is -0.496 e. The summed E-state index contributed by atoms with van der Waals surface area (Å²) in [5.41, 5.74) is 1.61. The largest absolute Gasteiger partial charge is 0.496 e. The van der Waals surface area contributed by atoms with Gasteiger partial charge in [-0.25, -0.2) is 0 Å². The van der Waals surface area contributed by atoms with Gasteiger partial charge in [0.05, 0.1) is 31.9 Å². The quantitative estimate of drug-likeness (QED) is 0.676. The van der Waals surface area contributed by atoms with Crippen molar-refractivity contribution in [3.05, 3.63) is 71.3 Å². The highest BCUT2D eigenvalue weighted by Gasteiger charge is 2.36. The zero-order valence-electron chi connectivity index (χ0n) is 14.5. The summed E-state index contributed by atoms with van der Waals surface area (Å²) in [5, 5.41) is 1.68. The summed E-state index contributed by atoms with van der Waals surface area (Å²) in [7, 11) is 3.16. The molecule has 0 saturated heterocycles. The number of ether oxygens (including phenoxy) is 2. The molecular formula is C21H17NO4. The summed E-state index contributed by atoms with van der Waals surface area (Å²) < 4.78 is 10.7. The average molecular weight is 347 g/mol. The van der Waals surface area contributed by atoms with Crippen LogP contribution in [0.25, 0.3) is 10.8 Å². The molecule has 5 heteroatoms. The lowest BCUT2D eigenvalue weighted by molar-refractivity contribution is 0.0641. The molecule has 4 rings (SSSR count). The van der Waals surface area contributed by atoms with Crippen LogP contribution in [0.3, 0.4) is 0 Å². The molecule has 1 aliphatic heterocycles. The van der Waals surface area contributed by atoms with Crippen molar-refractivity contribution in [2.24, 2.45) is 0 Å². The van der Waals surface area contributed by atoms with Crippen molar-refractivity contribution >= 4 is 22.6 Å². The van der Waals surface area contributed by atoms with Crippen molar-refractivity contribution in [1.29, 1.82) is 0 Å². The fourth-order valence-electron chi connectivity index (χ4n) is 3.36. The van der Waals surface area contributed by atoms with Gasteiger partial charge < -0.3 is 9.47 Å². The summed E-state index contributed by atoms with van der Waals surface area (Å²) in [4.78, 5) is 27.0. The molecule has 0 unspecified atom stereocenters. The first-order valence-corrected chi connectivity index (χ1v) is 8.23. The third kappa shape index (κ3) is 2.40. The highest BCUT2D eigenvalue weighted by molar-refractivity contribution is 6.23. The van der Waals surface area contributed by atoms with Crippen LogP contribution in [0.4, 0.5) is 0 Å². The van der Waals surface area contributed by atoms with E-state index in [4.69, 9.17) is 9.47 Å². The SMILES string of the molecule is COc1ccccc1CN1C(=O)c2cc3cccc(OC)c3cc2C1=O. The molecule has 1 heterocycles. The summed E-state index contributed by atoms with van der Waals surface area (Å²) >= 11 is 0. The van der Waals surface area contributed by atoms with Gasteiger partial charge in [-0.3, -0.25) is 14.5 Å². The predicted molar refractivity (Wildman–Crippen MR) is 97.7 cm³/mol. The average Bonchev–Trinajstić information content (AvgIpc) is 2.90. The molecule has 0 atom stereocenters. The van der Waals surface area contributed by atoms with Crippen molar-refractivity contribution < 1.29 is 19.1 Å². The summed E-state index contributed by atoms with van der Waals surface area (Å²) in [6.45, 7) is 0.170. The zero-order valence-corrected chi connectivity index (χ0v) is 14.5. The van der Waals surface area contributed by atoms with Crippen LogP contribution < -0.4 is 9.47 Å². The monoisotopic (exact) mass is 347 g/mol. The van der Waals surface area contributed by atoms with E-state index in [9.17, 15) is 9.59 Å². The van der Waals surface area contributed by atoms with Crippen LogP contribution in [-0.4, -0.2) is 30.9 Å². The fraction of sp³-hybridized carbons (Fsp3) is 0.143. The van der Waals surface area contributed by atoms with E-state index in [1.807, 2.05) is 42.5 Å². The van der Waals surface area contributed by atoms with Gasteiger partial charge in [-0.1, -0.05) is 30.3 Å². The van der Waals surface area contributed by atoms with E-state index in [1.54, 1.807) is 26.4 Å². The molecule has 0 saturated carbocycles. The van der Waals surface area contributed by atoms with Gasteiger partial charge in [0.1, 0.15) is 11.5 Å². The first-order chi connectivity index (χ1) is 12.6. The second kappa shape index (κ2) is 6.19. The zero-order chi connectivity index (χ0) is 18.3. The van der Waals surface area contributed by atoms with Crippen molar-refractivity contribution in [2.45, 2.75) is 6.54 Å². The molecule has 0 aromatic heterocycles. The summed E-state index contributed by atoms with van der Waals surface area (Å²) in [6.07, 6.45) is 0. The van der Waals surface area contributed by atoms with Crippen molar-refractivity contribution in [3.63, 3.8) is 0 Å². The Morgan fingerprint density at radius 3 is 2.19 bits per heavy atom. The smallest absolute Gasteiger partial charge is 0.261 e. The van der Waals surface area contributed by atoms with Crippen LogP contribution in [0.5, 0.6) is 11.5 Å².